The van der Waals surface area contributed by atoms with Crippen molar-refractivity contribution in [1.82, 2.24) is 9.88 Å². The number of anilines is 1. The molecular weight excluding hydrogens is 425 g/mol. The Morgan fingerprint density at radius 3 is 3.05 bits per heavy atom. The summed E-state index contributed by atoms with van der Waals surface area (Å²) in [5.74, 6) is 0.829. The monoisotopic (exact) mass is 439 g/mol. The van der Waals surface area contributed by atoms with Gasteiger partial charge in [-0.2, -0.15) is 4.98 Å². The first-order chi connectivity index (χ1) is 10.5. The predicted molar refractivity (Wildman–Crippen MR) is 89.2 cm³/mol. The number of amides is 1. The third-order valence-corrected chi connectivity index (χ3v) is 5.54. The molecule has 0 bridgehead atoms. The van der Waals surface area contributed by atoms with Gasteiger partial charge in [0.25, 0.3) is 5.88 Å². The molecule has 1 aromatic heterocycles. The molecular formula is C13H15ClIN3O4. The molecule has 1 fully saturated rings. The van der Waals surface area contributed by atoms with Crippen molar-refractivity contribution in [3.05, 3.63) is 8.72 Å². The summed E-state index contributed by atoms with van der Waals surface area (Å²) in [4.78, 5) is 16.9. The standard InChI is InChI=1S/C13H15ClIN3O4/c1-16-9-8(15)11(14)17-12-10(9)22-7(5-21-12)6-3-2-4-18(6)13(19)20/h6-7H,2-5H2,1H3,(H,16,17)(H,19,20)/t6?,7-/m0/s1. The number of fused-ring (bicyclic) bond motifs is 1. The summed E-state index contributed by atoms with van der Waals surface area (Å²) >= 11 is 8.16. The topological polar surface area (TPSA) is 83.9 Å². The van der Waals surface area contributed by atoms with Crippen LogP contribution in [0.1, 0.15) is 12.8 Å². The van der Waals surface area contributed by atoms with Crippen molar-refractivity contribution in [1.29, 1.82) is 0 Å². The number of aromatic nitrogens is 1. The van der Waals surface area contributed by atoms with E-state index in [0.717, 1.165) is 16.4 Å². The average Bonchev–Trinajstić information content (AvgIpc) is 2.98. The van der Waals surface area contributed by atoms with Crippen LogP contribution in [0.15, 0.2) is 0 Å². The van der Waals surface area contributed by atoms with Gasteiger partial charge < -0.3 is 24.8 Å². The maximum Gasteiger partial charge on any atom is 0.407 e. The molecule has 0 radical (unpaired) electrons. The van der Waals surface area contributed by atoms with E-state index in [1.807, 2.05) is 0 Å². The van der Waals surface area contributed by atoms with Gasteiger partial charge in [-0.1, -0.05) is 11.6 Å². The van der Waals surface area contributed by atoms with E-state index in [2.05, 4.69) is 32.9 Å². The van der Waals surface area contributed by atoms with Crippen LogP contribution in [-0.4, -0.2) is 53.4 Å². The van der Waals surface area contributed by atoms with Gasteiger partial charge in [0.15, 0.2) is 6.10 Å². The van der Waals surface area contributed by atoms with Gasteiger partial charge in [-0.05, 0) is 35.4 Å². The summed E-state index contributed by atoms with van der Waals surface area (Å²) in [7, 11) is 1.76. The van der Waals surface area contributed by atoms with Crippen molar-refractivity contribution in [2.24, 2.45) is 0 Å². The highest BCUT2D eigenvalue weighted by Gasteiger charge is 2.40. The van der Waals surface area contributed by atoms with E-state index in [9.17, 15) is 9.90 Å². The summed E-state index contributed by atoms with van der Waals surface area (Å²) in [5.41, 5.74) is 0.708. The molecule has 0 aliphatic carbocycles. The third kappa shape index (κ3) is 2.62. The van der Waals surface area contributed by atoms with Crippen LogP contribution in [0.3, 0.4) is 0 Å². The minimum absolute atomic E-state index is 0.205. The first-order valence-corrected chi connectivity index (χ1v) is 8.34. The number of hydrogen-bond donors (Lipinski definition) is 2. The predicted octanol–water partition coefficient (Wildman–Crippen LogP) is 2.66. The maximum absolute atomic E-state index is 11.3. The highest BCUT2D eigenvalue weighted by atomic mass is 127. The zero-order valence-corrected chi connectivity index (χ0v) is 14.7. The van der Waals surface area contributed by atoms with E-state index in [1.165, 1.54) is 4.90 Å². The maximum atomic E-state index is 11.3. The average molecular weight is 440 g/mol. The zero-order valence-electron chi connectivity index (χ0n) is 11.8. The van der Waals surface area contributed by atoms with Crippen molar-refractivity contribution in [3.8, 4) is 11.6 Å². The molecule has 9 heteroatoms. The lowest BCUT2D eigenvalue weighted by Gasteiger charge is -2.34. The van der Waals surface area contributed by atoms with Crippen LogP contribution in [0.25, 0.3) is 0 Å². The fourth-order valence-corrected chi connectivity index (χ4v) is 3.69. The quantitative estimate of drug-likeness (QED) is 0.544. The first kappa shape index (κ1) is 15.7. The Morgan fingerprint density at radius 1 is 1.59 bits per heavy atom. The molecule has 2 atom stereocenters. The van der Waals surface area contributed by atoms with E-state index in [0.29, 0.717) is 29.0 Å². The van der Waals surface area contributed by atoms with Crippen molar-refractivity contribution in [2.75, 3.05) is 25.5 Å². The van der Waals surface area contributed by atoms with Gasteiger partial charge in [0.2, 0.25) is 5.75 Å². The number of nitrogens with one attached hydrogen (secondary N) is 1. The zero-order chi connectivity index (χ0) is 15.9. The van der Waals surface area contributed by atoms with E-state index in [4.69, 9.17) is 21.1 Å². The summed E-state index contributed by atoms with van der Waals surface area (Å²) in [6, 6.07) is -0.205. The van der Waals surface area contributed by atoms with Gasteiger partial charge in [0, 0.05) is 13.6 Å². The van der Waals surface area contributed by atoms with Crippen molar-refractivity contribution in [2.45, 2.75) is 25.0 Å². The van der Waals surface area contributed by atoms with Gasteiger partial charge in [0.1, 0.15) is 11.8 Å². The molecule has 120 valence electrons. The second-order valence-electron chi connectivity index (χ2n) is 5.13. The molecule has 0 spiro atoms. The van der Waals surface area contributed by atoms with E-state index >= 15 is 0 Å². The molecule has 1 aromatic rings. The molecule has 7 nitrogen and oxygen atoms in total. The number of rotatable bonds is 2. The number of nitrogens with zero attached hydrogens (tertiary/aromatic N) is 2. The lowest BCUT2D eigenvalue weighted by molar-refractivity contribution is 0.0289. The van der Waals surface area contributed by atoms with Crippen molar-refractivity contribution in [3.63, 3.8) is 0 Å². The Bertz CT molecular complexity index is 615. The van der Waals surface area contributed by atoms with Crippen LogP contribution >= 0.6 is 34.2 Å². The molecule has 0 aromatic carbocycles. The van der Waals surface area contributed by atoms with Crippen LogP contribution < -0.4 is 14.8 Å². The van der Waals surface area contributed by atoms with Crippen molar-refractivity contribution >= 4 is 46.0 Å². The number of pyridine rings is 1. The second-order valence-corrected chi connectivity index (χ2v) is 6.57. The summed E-state index contributed by atoms with van der Waals surface area (Å²) < 4.78 is 12.4. The smallest absolute Gasteiger partial charge is 0.407 e. The van der Waals surface area contributed by atoms with Gasteiger partial charge in [-0.3, -0.25) is 0 Å². The Hall–Kier alpha value is -1.16. The summed E-state index contributed by atoms with van der Waals surface area (Å²) in [6.07, 6.45) is 0.327. The molecule has 3 heterocycles. The van der Waals surface area contributed by atoms with E-state index in [-0.39, 0.29) is 18.8 Å². The van der Waals surface area contributed by atoms with E-state index < -0.39 is 6.09 Å². The Kier molecular flexibility index (Phi) is 4.40. The third-order valence-electron chi connectivity index (χ3n) is 3.90. The molecule has 0 saturated carbocycles. The van der Waals surface area contributed by atoms with Crippen LogP contribution in [0.5, 0.6) is 11.6 Å². The minimum Gasteiger partial charge on any atom is -0.477 e. The fraction of sp³-hybridized carbons (Fsp3) is 0.538. The summed E-state index contributed by atoms with van der Waals surface area (Å²) in [6.45, 7) is 0.788. The lowest BCUT2D eigenvalue weighted by Crippen LogP contribution is -2.48. The van der Waals surface area contributed by atoms with Gasteiger partial charge in [-0.25, -0.2) is 4.79 Å². The first-order valence-electron chi connectivity index (χ1n) is 6.88. The molecule has 1 amide bonds. The fourth-order valence-electron chi connectivity index (χ4n) is 2.88. The largest absolute Gasteiger partial charge is 0.477 e. The molecule has 22 heavy (non-hydrogen) atoms. The number of halogens is 2. The molecule has 2 aliphatic rings. The van der Waals surface area contributed by atoms with Crippen LogP contribution in [0, 0.1) is 3.57 Å². The number of carbonyl (C=O) groups is 1. The Morgan fingerprint density at radius 2 is 2.36 bits per heavy atom. The number of carboxylic acid groups (broad SMARTS) is 1. The lowest BCUT2D eigenvalue weighted by atomic mass is 10.1. The molecule has 2 aliphatic heterocycles. The second kappa shape index (κ2) is 6.15. The van der Waals surface area contributed by atoms with Crippen LogP contribution in [-0.2, 0) is 0 Å². The molecule has 1 saturated heterocycles. The minimum atomic E-state index is -0.922. The number of ether oxygens (including phenoxy) is 2. The van der Waals surface area contributed by atoms with Gasteiger partial charge in [0.05, 0.1) is 15.3 Å². The van der Waals surface area contributed by atoms with Gasteiger partial charge in [-0.15, -0.1) is 0 Å². The molecule has 2 N–H and O–H groups in total. The highest BCUT2D eigenvalue weighted by molar-refractivity contribution is 14.1. The van der Waals surface area contributed by atoms with Crippen LogP contribution in [0.2, 0.25) is 5.15 Å². The molecule has 1 unspecified atom stereocenters. The normalized spacial score (nSPS) is 23.5. The van der Waals surface area contributed by atoms with Gasteiger partial charge >= 0.3 is 6.09 Å². The van der Waals surface area contributed by atoms with E-state index in [1.54, 1.807) is 7.05 Å². The summed E-state index contributed by atoms with van der Waals surface area (Å²) in [5, 5.41) is 12.7. The number of hydrogen-bond acceptors (Lipinski definition) is 5. The van der Waals surface area contributed by atoms with Crippen LogP contribution in [0.4, 0.5) is 10.5 Å². The Labute approximate surface area is 146 Å². The SMILES string of the molecule is CNc1c(I)c(Cl)nc2c1O[C@H](C1CCCN1C(=O)O)CO2. The number of likely N-dealkylation sites (tertiary alicyclic amines) is 1. The van der Waals surface area contributed by atoms with Crippen molar-refractivity contribution < 1.29 is 19.4 Å². The highest BCUT2D eigenvalue weighted by Crippen LogP contribution is 2.43. The Balaban J connectivity index is 1.90. The molecule has 3 rings (SSSR count).